The van der Waals surface area contributed by atoms with Crippen molar-refractivity contribution in [1.82, 2.24) is 20.2 Å². The second kappa shape index (κ2) is 5.07. The van der Waals surface area contributed by atoms with E-state index < -0.39 is 0 Å². The number of carbonyl (C=O) groups is 1. The van der Waals surface area contributed by atoms with Gasteiger partial charge in [-0.25, -0.2) is 4.98 Å². The fourth-order valence-electron chi connectivity index (χ4n) is 2.52. The number of hydrogen-bond donors (Lipinski definition) is 2. The lowest BCUT2D eigenvalue weighted by atomic mass is 10.1. The molecule has 1 atom stereocenters. The molecule has 1 aromatic rings. The van der Waals surface area contributed by atoms with Gasteiger partial charge in [-0.3, -0.25) is 4.79 Å². The Bertz CT molecular complexity index is 425. The monoisotopic (exact) mass is 250 g/mol. The summed E-state index contributed by atoms with van der Waals surface area (Å²) in [4.78, 5) is 21.4. The van der Waals surface area contributed by atoms with Crippen LogP contribution in [0, 0.1) is 0 Å². The SMILES string of the molecule is O=C(CC1COCCN1)N1CCc2nc[nH]c2C1. The lowest BCUT2D eigenvalue weighted by Gasteiger charge is -2.29. The van der Waals surface area contributed by atoms with Crippen LogP contribution in [-0.2, 0) is 22.5 Å². The molecular weight excluding hydrogens is 232 g/mol. The van der Waals surface area contributed by atoms with E-state index in [2.05, 4.69) is 15.3 Å². The molecule has 2 N–H and O–H groups in total. The van der Waals surface area contributed by atoms with E-state index in [1.54, 1.807) is 6.33 Å². The molecule has 1 aromatic heterocycles. The van der Waals surface area contributed by atoms with Crippen LogP contribution in [0.5, 0.6) is 0 Å². The molecule has 0 aromatic carbocycles. The van der Waals surface area contributed by atoms with Crippen LogP contribution in [0.3, 0.4) is 0 Å². The maximum Gasteiger partial charge on any atom is 0.224 e. The van der Waals surface area contributed by atoms with Gasteiger partial charge in [0.25, 0.3) is 0 Å². The molecule has 1 fully saturated rings. The molecule has 3 rings (SSSR count). The van der Waals surface area contributed by atoms with Crippen molar-refractivity contribution in [3.63, 3.8) is 0 Å². The molecule has 6 nitrogen and oxygen atoms in total. The summed E-state index contributed by atoms with van der Waals surface area (Å²) in [5, 5.41) is 3.31. The van der Waals surface area contributed by atoms with Crippen LogP contribution >= 0.6 is 0 Å². The zero-order valence-electron chi connectivity index (χ0n) is 10.3. The summed E-state index contributed by atoms with van der Waals surface area (Å²) in [5.74, 6) is 0.193. The van der Waals surface area contributed by atoms with Crippen molar-refractivity contribution < 1.29 is 9.53 Å². The number of carbonyl (C=O) groups excluding carboxylic acids is 1. The standard InChI is InChI=1S/C12H18N4O2/c17-12(5-9-7-18-4-2-13-9)16-3-1-10-11(6-16)15-8-14-10/h8-9,13H,1-7H2,(H,14,15). The number of nitrogens with zero attached hydrogens (tertiary/aromatic N) is 2. The highest BCUT2D eigenvalue weighted by Gasteiger charge is 2.25. The highest BCUT2D eigenvalue weighted by molar-refractivity contribution is 5.77. The molecule has 1 amide bonds. The molecule has 6 heteroatoms. The first kappa shape index (κ1) is 11.7. The van der Waals surface area contributed by atoms with Crippen LogP contribution in [0.15, 0.2) is 6.33 Å². The Kier molecular flexibility index (Phi) is 3.29. The molecule has 0 aliphatic carbocycles. The molecule has 1 saturated heterocycles. The molecule has 0 radical (unpaired) electrons. The third-order valence-corrected chi connectivity index (χ3v) is 3.55. The fraction of sp³-hybridized carbons (Fsp3) is 0.667. The molecule has 0 bridgehead atoms. The average Bonchev–Trinajstić information content (AvgIpc) is 2.87. The summed E-state index contributed by atoms with van der Waals surface area (Å²) in [6.07, 6.45) is 3.07. The van der Waals surface area contributed by atoms with Gasteiger partial charge in [0.1, 0.15) is 0 Å². The number of imidazole rings is 1. The van der Waals surface area contributed by atoms with Gasteiger partial charge in [0.2, 0.25) is 5.91 Å². The third-order valence-electron chi connectivity index (χ3n) is 3.55. The number of rotatable bonds is 2. The van der Waals surface area contributed by atoms with Gasteiger partial charge in [-0.15, -0.1) is 0 Å². The van der Waals surface area contributed by atoms with Gasteiger partial charge in [-0.05, 0) is 0 Å². The molecular formula is C12H18N4O2. The van der Waals surface area contributed by atoms with Crippen LogP contribution in [0.1, 0.15) is 17.8 Å². The van der Waals surface area contributed by atoms with E-state index in [0.29, 0.717) is 19.6 Å². The van der Waals surface area contributed by atoms with Crippen LogP contribution in [0.4, 0.5) is 0 Å². The van der Waals surface area contributed by atoms with Crippen LogP contribution in [0.2, 0.25) is 0 Å². The minimum absolute atomic E-state index is 0.161. The Hall–Kier alpha value is -1.40. The van der Waals surface area contributed by atoms with Gasteiger partial charge in [-0.2, -0.15) is 0 Å². The predicted molar refractivity (Wildman–Crippen MR) is 64.9 cm³/mol. The van der Waals surface area contributed by atoms with E-state index in [9.17, 15) is 4.79 Å². The second-order valence-corrected chi connectivity index (χ2v) is 4.82. The molecule has 18 heavy (non-hydrogen) atoms. The van der Waals surface area contributed by atoms with Crippen molar-refractivity contribution in [2.45, 2.75) is 25.4 Å². The first-order valence-corrected chi connectivity index (χ1v) is 6.43. The van der Waals surface area contributed by atoms with E-state index in [-0.39, 0.29) is 11.9 Å². The van der Waals surface area contributed by atoms with Crippen molar-refractivity contribution in [3.05, 3.63) is 17.7 Å². The quantitative estimate of drug-likeness (QED) is 0.754. The summed E-state index contributed by atoms with van der Waals surface area (Å²) in [6, 6.07) is 0.161. The Morgan fingerprint density at radius 3 is 3.39 bits per heavy atom. The van der Waals surface area contributed by atoms with Crippen molar-refractivity contribution in [2.24, 2.45) is 0 Å². The topological polar surface area (TPSA) is 70.2 Å². The number of hydrogen-bond acceptors (Lipinski definition) is 4. The van der Waals surface area contributed by atoms with Gasteiger partial charge >= 0.3 is 0 Å². The van der Waals surface area contributed by atoms with E-state index >= 15 is 0 Å². The van der Waals surface area contributed by atoms with Crippen molar-refractivity contribution in [3.8, 4) is 0 Å². The number of aromatic nitrogens is 2. The third kappa shape index (κ3) is 2.39. The maximum atomic E-state index is 12.2. The number of ether oxygens (including phenoxy) is 1. The molecule has 0 spiro atoms. The summed E-state index contributed by atoms with van der Waals surface area (Å²) < 4.78 is 5.36. The zero-order chi connectivity index (χ0) is 12.4. The van der Waals surface area contributed by atoms with Crippen molar-refractivity contribution in [1.29, 1.82) is 0 Å². The first-order valence-electron chi connectivity index (χ1n) is 6.43. The normalized spacial score (nSPS) is 23.8. The molecule has 3 heterocycles. The molecule has 2 aliphatic rings. The predicted octanol–water partition coefficient (Wildman–Crippen LogP) is -0.327. The number of fused-ring (bicyclic) bond motifs is 1. The molecule has 2 aliphatic heterocycles. The number of nitrogens with one attached hydrogen (secondary N) is 2. The Balaban J connectivity index is 1.57. The van der Waals surface area contributed by atoms with E-state index in [1.165, 1.54) is 0 Å². The van der Waals surface area contributed by atoms with Crippen molar-refractivity contribution in [2.75, 3.05) is 26.3 Å². The van der Waals surface area contributed by atoms with Gasteiger partial charge < -0.3 is 19.9 Å². The Morgan fingerprint density at radius 2 is 2.56 bits per heavy atom. The lowest BCUT2D eigenvalue weighted by Crippen LogP contribution is -2.46. The summed E-state index contributed by atoms with van der Waals surface area (Å²) in [7, 11) is 0. The molecule has 98 valence electrons. The van der Waals surface area contributed by atoms with Gasteiger partial charge in [0, 0.05) is 32.0 Å². The van der Waals surface area contributed by atoms with Gasteiger partial charge in [-0.1, -0.05) is 0 Å². The van der Waals surface area contributed by atoms with Gasteiger partial charge in [0.05, 0.1) is 37.5 Å². The van der Waals surface area contributed by atoms with Crippen LogP contribution < -0.4 is 5.32 Å². The Labute approximate surface area is 106 Å². The van der Waals surface area contributed by atoms with E-state index in [4.69, 9.17) is 4.74 Å². The smallest absolute Gasteiger partial charge is 0.224 e. The number of aromatic amines is 1. The highest BCUT2D eigenvalue weighted by atomic mass is 16.5. The molecule has 0 saturated carbocycles. The summed E-state index contributed by atoms with van der Waals surface area (Å²) in [6.45, 7) is 3.63. The van der Waals surface area contributed by atoms with E-state index in [1.807, 2.05) is 4.90 Å². The highest BCUT2D eigenvalue weighted by Crippen LogP contribution is 2.16. The first-order chi connectivity index (χ1) is 8.83. The van der Waals surface area contributed by atoms with Crippen LogP contribution in [-0.4, -0.2) is 53.1 Å². The number of H-pyrrole nitrogens is 1. The van der Waals surface area contributed by atoms with E-state index in [0.717, 1.165) is 37.5 Å². The second-order valence-electron chi connectivity index (χ2n) is 4.82. The van der Waals surface area contributed by atoms with Gasteiger partial charge in [0.15, 0.2) is 0 Å². The number of morpholine rings is 1. The maximum absolute atomic E-state index is 12.2. The zero-order valence-corrected chi connectivity index (χ0v) is 10.3. The minimum atomic E-state index is 0.161. The lowest BCUT2D eigenvalue weighted by molar-refractivity contribution is -0.133. The van der Waals surface area contributed by atoms with Crippen molar-refractivity contribution >= 4 is 5.91 Å². The number of amides is 1. The largest absolute Gasteiger partial charge is 0.378 e. The fourth-order valence-corrected chi connectivity index (χ4v) is 2.52. The Morgan fingerprint density at radius 1 is 1.61 bits per heavy atom. The summed E-state index contributed by atoms with van der Waals surface area (Å²) in [5.41, 5.74) is 2.17. The summed E-state index contributed by atoms with van der Waals surface area (Å²) >= 11 is 0. The average molecular weight is 250 g/mol. The minimum Gasteiger partial charge on any atom is -0.378 e. The van der Waals surface area contributed by atoms with Crippen LogP contribution in [0.25, 0.3) is 0 Å². The molecule has 1 unspecified atom stereocenters.